The van der Waals surface area contributed by atoms with E-state index in [1.807, 2.05) is 0 Å². The molecule has 1 saturated heterocycles. The number of H-pyrrole nitrogens is 2. The summed E-state index contributed by atoms with van der Waals surface area (Å²) in [6.07, 6.45) is -0.249. The Morgan fingerprint density at radius 3 is 2.24 bits per heavy atom. The molecule has 0 unspecified atom stereocenters. The van der Waals surface area contributed by atoms with Crippen molar-refractivity contribution < 1.29 is 14.3 Å². The Bertz CT molecular complexity index is 1280. The van der Waals surface area contributed by atoms with Crippen LogP contribution in [-0.2, 0) is 15.7 Å². The van der Waals surface area contributed by atoms with Crippen molar-refractivity contribution in [3.63, 3.8) is 0 Å². The number of ether oxygens (including phenoxy) is 1. The van der Waals surface area contributed by atoms with Gasteiger partial charge in [-0.15, -0.1) is 0 Å². The molecule has 0 radical (unpaired) electrons. The normalized spacial score (nSPS) is 22.2. The highest BCUT2D eigenvalue weighted by molar-refractivity contribution is 6.74. The zero-order valence-corrected chi connectivity index (χ0v) is 21.7. The Morgan fingerprint density at radius 2 is 1.65 bits per heavy atom. The van der Waals surface area contributed by atoms with Crippen molar-refractivity contribution in [2.75, 3.05) is 0 Å². The number of nitrogens with zero attached hydrogens (tertiary/aromatic N) is 2. The van der Waals surface area contributed by atoms with E-state index in [2.05, 4.69) is 43.8 Å². The molecular weight excluding hydrogens is 460 g/mol. The lowest BCUT2D eigenvalue weighted by Crippen LogP contribution is -2.49. The van der Waals surface area contributed by atoms with E-state index in [0.717, 1.165) is 0 Å². The molecule has 1 fully saturated rings. The van der Waals surface area contributed by atoms with E-state index in [1.54, 1.807) is 13.8 Å². The van der Waals surface area contributed by atoms with E-state index in [-0.39, 0.29) is 18.0 Å². The Kier molecular flexibility index (Phi) is 7.09. The van der Waals surface area contributed by atoms with E-state index in [9.17, 15) is 24.3 Å². The molecule has 1 aliphatic heterocycles. The first-order chi connectivity index (χ1) is 15.6. The second-order valence-corrected chi connectivity index (χ2v) is 15.2. The van der Waals surface area contributed by atoms with Crippen LogP contribution >= 0.6 is 0 Å². The van der Waals surface area contributed by atoms with Gasteiger partial charge in [-0.1, -0.05) is 20.8 Å². The summed E-state index contributed by atoms with van der Waals surface area (Å²) in [4.78, 5) is 52.7. The summed E-state index contributed by atoms with van der Waals surface area (Å²) < 4.78 is 15.2. The zero-order chi connectivity index (χ0) is 25.6. The number of hydrogen-bond donors (Lipinski definition) is 3. The minimum Gasteiger partial charge on any atom is -0.411 e. The Morgan fingerprint density at radius 1 is 1.09 bits per heavy atom. The Hall–Kier alpha value is -2.54. The Labute approximate surface area is 197 Å². The van der Waals surface area contributed by atoms with Gasteiger partial charge in [0.15, 0.2) is 8.32 Å². The van der Waals surface area contributed by atoms with Crippen LogP contribution in [0.1, 0.15) is 44.5 Å². The van der Waals surface area contributed by atoms with Gasteiger partial charge in [0.05, 0.1) is 12.6 Å². The van der Waals surface area contributed by atoms with Crippen molar-refractivity contribution in [2.45, 2.75) is 90.3 Å². The highest BCUT2D eigenvalue weighted by atomic mass is 28.4. The molecule has 2 aromatic heterocycles. The van der Waals surface area contributed by atoms with Crippen LogP contribution < -0.4 is 22.5 Å². The van der Waals surface area contributed by atoms with Gasteiger partial charge >= 0.3 is 11.4 Å². The standard InChI is InChI=1S/C22H34N4O7Si/c1-12-9-25(20(30)23-18(12)28)11-14(27)17-15(33-34(6,7)22(3,4)5)8-16(32-17)26-10-13(2)19(29)24-21(26)31/h9-10,14-17,27H,8,11H2,1-7H3,(H,23,28,30)(H,24,29,31)/t14-,15+,16-,17-/m1/s1. The van der Waals surface area contributed by atoms with E-state index in [0.29, 0.717) is 11.1 Å². The number of hydrogen-bond acceptors (Lipinski definition) is 7. The molecule has 11 nitrogen and oxygen atoms in total. The molecule has 3 N–H and O–H groups in total. The minimum absolute atomic E-state index is 0.112. The minimum atomic E-state index is -2.29. The predicted molar refractivity (Wildman–Crippen MR) is 129 cm³/mol. The molecule has 0 aliphatic carbocycles. The van der Waals surface area contributed by atoms with Crippen molar-refractivity contribution in [1.82, 2.24) is 19.1 Å². The van der Waals surface area contributed by atoms with E-state index in [1.165, 1.54) is 21.5 Å². The maximum Gasteiger partial charge on any atom is 0.330 e. The van der Waals surface area contributed by atoms with Crippen LogP contribution in [0.2, 0.25) is 18.1 Å². The average Bonchev–Trinajstić information content (AvgIpc) is 3.11. The molecule has 4 atom stereocenters. The molecule has 1 aliphatic rings. The van der Waals surface area contributed by atoms with Crippen molar-refractivity contribution >= 4 is 8.32 Å². The molecule has 0 spiro atoms. The first-order valence-corrected chi connectivity index (χ1v) is 14.2. The van der Waals surface area contributed by atoms with Crippen LogP contribution in [0.25, 0.3) is 0 Å². The van der Waals surface area contributed by atoms with Gasteiger partial charge in [0.25, 0.3) is 11.1 Å². The summed E-state index contributed by atoms with van der Waals surface area (Å²) in [6.45, 7) is 13.5. The fourth-order valence-electron chi connectivity index (χ4n) is 3.71. The molecule has 0 saturated carbocycles. The molecule has 3 rings (SSSR count). The second-order valence-electron chi connectivity index (χ2n) is 10.5. The van der Waals surface area contributed by atoms with E-state index < -0.39 is 55.4 Å². The van der Waals surface area contributed by atoms with Gasteiger partial charge in [0.2, 0.25) is 0 Å². The number of rotatable bonds is 6. The number of aliphatic hydroxyl groups is 1. The lowest BCUT2D eigenvalue weighted by Gasteiger charge is -2.39. The van der Waals surface area contributed by atoms with Gasteiger partial charge in [0.1, 0.15) is 18.4 Å². The molecule has 3 heterocycles. The lowest BCUT2D eigenvalue weighted by molar-refractivity contribution is -0.0858. The summed E-state index contributed by atoms with van der Waals surface area (Å²) in [5, 5.41) is 11.0. The quantitative estimate of drug-likeness (QED) is 0.502. The number of aryl methyl sites for hydroxylation is 2. The van der Waals surface area contributed by atoms with Crippen molar-refractivity contribution in [3.8, 4) is 0 Å². The third kappa shape index (κ3) is 5.24. The van der Waals surface area contributed by atoms with Crippen molar-refractivity contribution in [3.05, 3.63) is 65.2 Å². The largest absolute Gasteiger partial charge is 0.411 e. The summed E-state index contributed by atoms with van der Waals surface area (Å²) >= 11 is 0. The smallest absolute Gasteiger partial charge is 0.330 e. The van der Waals surface area contributed by atoms with Crippen LogP contribution in [-0.4, -0.2) is 50.8 Å². The molecule has 2 aromatic rings. The van der Waals surface area contributed by atoms with Gasteiger partial charge in [0, 0.05) is 29.9 Å². The van der Waals surface area contributed by atoms with Crippen LogP contribution in [0.3, 0.4) is 0 Å². The van der Waals surface area contributed by atoms with Crippen molar-refractivity contribution in [2.24, 2.45) is 0 Å². The molecule has 12 heteroatoms. The molecule has 34 heavy (non-hydrogen) atoms. The maximum absolute atomic E-state index is 12.5. The summed E-state index contributed by atoms with van der Waals surface area (Å²) in [5.74, 6) is 0. The Balaban J connectivity index is 1.96. The van der Waals surface area contributed by atoms with Gasteiger partial charge < -0.3 is 14.3 Å². The molecular formula is C22H34N4O7Si. The average molecular weight is 495 g/mol. The fourth-order valence-corrected chi connectivity index (χ4v) is 5.05. The summed E-state index contributed by atoms with van der Waals surface area (Å²) in [5.41, 5.74) is -1.53. The molecule has 0 bridgehead atoms. The molecule has 0 amide bonds. The third-order valence-corrected chi connectivity index (χ3v) is 11.3. The van der Waals surface area contributed by atoms with Crippen LogP contribution in [0, 0.1) is 13.8 Å². The molecule has 0 aromatic carbocycles. The molecule has 188 valence electrons. The van der Waals surface area contributed by atoms with E-state index in [4.69, 9.17) is 9.16 Å². The van der Waals surface area contributed by atoms with Crippen LogP contribution in [0.5, 0.6) is 0 Å². The number of aromatic amines is 2. The van der Waals surface area contributed by atoms with Gasteiger partial charge in [-0.05, 0) is 32.0 Å². The highest BCUT2D eigenvalue weighted by Gasteiger charge is 2.47. The number of nitrogens with one attached hydrogen (secondary N) is 2. The van der Waals surface area contributed by atoms with Crippen molar-refractivity contribution in [1.29, 1.82) is 0 Å². The predicted octanol–water partition coefficient (Wildman–Crippen LogP) is 0.742. The topological polar surface area (TPSA) is 148 Å². The van der Waals surface area contributed by atoms with Crippen LogP contribution in [0.4, 0.5) is 0 Å². The first-order valence-electron chi connectivity index (χ1n) is 11.2. The SMILES string of the molecule is Cc1cn(C[C@@H](O)[C@H]2O[C@@H](n3cc(C)c(=O)[nH]c3=O)C[C@@H]2O[Si](C)(C)C(C)(C)C)c(=O)[nH]c1=O. The van der Waals surface area contributed by atoms with Gasteiger partial charge in [-0.3, -0.25) is 28.7 Å². The van der Waals surface area contributed by atoms with E-state index >= 15 is 0 Å². The zero-order valence-electron chi connectivity index (χ0n) is 20.7. The highest BCUT2D eigenvalue weighted by Crippen LogP contribution is 2.41. The number of aromatic nitrogens is 4. The lowest BCUT2D eigenvalue weighted by atomic mass is 10.1. The van der Waals surface area contributed by atoms with Gasteiger partial charge in [-0.25, -0.2) is 9.59 Å². The summed E-state index contributed by atoms with van der Waals surface area (Å²) in [6, 6.07) is 0. The third-order valence-electron chi connectivity index (χ3n) is 6.77. The maximum atomic E-state index is 12.5. The van der Waals surface area contributed by atoms with Crippen LogP contribution in [0.15, 0.2) is 31.6 Å². The fraction of sp³-hybridized carbons (Fsp3) is 0.636. The first kappa shape index (κ1) is 26.1. The monoisotopic (exact) mass is 494 g/mol. The van der Waals surface area contributed by atoms with Gasteiger partial charge in [-0.2, -0.15) is 0 Å². The second kappa shape index (κ2) is 9.25. The number of aliphatic hydroxyl groups excluding tert-OH is 1. The summed E-state index contributed by atoms with van der Waals surface area (Å²) in [7, 11) is -2.29.